The molecule has 0 fully saturated rings. The summed E-state index contributed by atoms with van der Waals surface area (Å²) >= 11 is 0. The van der Waals surface area contributed by atoms with E-state index in [0.717, 1.165) is 24.2 Å². The van der Waals surface area contributed by atoms with E-state index < -0.39 is 5.60 Å². The van der Waals surface area contributed by atoms with Gasteiger partial charge in [-0.3, -0.25) is 4.98 Å². The Kier molecular flexibility index (Phi) is 5.60. The van der Waals surface area contributed by atoms with E-state index >= 15 is 0 Å². The summed E-state index contributed by atoms with van der Waals surface area (Å²) in [5.41, 5.74) is 1.74. The van der Waals surface area contributed by atoms with Gasteiger partial charge in [0.2, 0.25) is 0 Å². The van der Waals surface area contributed by atoms with Gasteiger partial charge in [0.15, 0.2) is 0 Å². The summed E-state index contributed by atoms with van der Waals surface area (Å²) in [6.07, 6.45) is 4.05. The SMILES string of the molecule is Cc1cnccc1NCCCNC(=O)OC(C)(C)C. The number of aromatic nitrogens is 1. The Morgan fingerprint density at radius 1 is 1.37 bits per heavy atom. The highest BCUT2D eigenvalue weighted by Crippen LogP contribution is 2.11. The second kappa shape index (κ2) is 6.97. The first-order valence-electron chi connectivity index (χ1n) is 6.50. The van der Waals surface area contributed by atoms with E-state index in [9.17, 15) is 4.79 Å². The quantitative estimate of drug-likeness (QED) is 0.803. The van der Waals surface area contributed by atoms with Crippen molar-refractivity contribution in [1.29, 1.82) is 0 Å². The number of rotatable bonds is 5. The Morgan fingerprint density at radius 2 is 2.11 bits per heavy atom. The van der Waals surface area contributed by atoms with E-state index in [1.165, 1.54) is 0 Å². The molecule has 0 saturated carbocycles. The normalized spacial score (nSPS) is 10.9. The van der Waals surface area contributed by atoms with E-state index in [1.807, 2.05) is 40.0 Å². The minimum atomic E-state index is -0.448. The van der Waals surface area contributed by atoms with Crippen molar-refractivity contribution < 1.29 is 9.53 Å². The zero-order valence-corrected chi connectivity index (χ0v) is 12.1. The molecule has 0 spiro atoms. The van der Waals surface area contributed by atoms with Crippen molar-refractivity contribution in [1.82, 2.24) is 10.3 Å². The van der Waals surface area contributed by atoms with E-state index in [-0.39, 0.29) is 6.09 Å². The molecule has 106 valence electrons. The number of hydrogen-bond acceptors (Lipinski definition) is 4. The van der Waals surface area contributed by atoms with Crippen LogP contribution in [0.5, 0.6) is 0 Å². The second-order valence-corrected chi connectivity index (χ2v) is 5.40. The van der Waals surface area contributed by atoms with Crippen LogP contribution in [0.3, 0.4) is 0 Å². The van der Waals surface area contributed by atoms with Gasteiger partial charge >= 0.3 is 6.09 Å². The molecule has 0 saturated heterocycles. The number of hydrogen-bond donors (Lipinski definition) is 2. The number of nitrogens with one attached hydrogen (secondary N) is 2. The zero-order valence-electron chi connectivity index (χ0n) is 12.1. The Labute approximate surface area is 114 Å². The third-order valence-corrected chi connectivity index (χ3v) is 2.36. The van der Waals surface area contributed by atoms with Gasteiger partial charge in [-0.05, 0) is 45.7 Å². The van der Waals surface area contributed by atoms with Crippen molar-refractivity contribution in [2.24, 2.45) is 0 Å². The van der Waals surface area contributed by atoms with Crippen LogP contribution in [0.15, 0.2) is 18.5 Å². The molecule has 5 heteroatoms. The predicted molar refractivity (Wildman–Crippen MR) is 76.3 cm³/mol. The number of carbonyl (C=O) groups excluding carboxylic acids is 1. The van der Waals surface area contributed by atoms with Crippen molar-refractivity contribution >= 4 is 11.8 Å². The van der Waals surface area contributed by atoms with Gasteiger partial charge in [0, 0.05) is 31.2 Å². The van der Waals surface area contributed by atoms with Gasteiger partial charge < -0.3 is 15.4 Å². The number of nitrogens with zero attached hydrogens (tertiary/aromatic N) is 1. The fourth-order valence-corrected chi connectivity index (χ4v) is 1.49. The van der Waals surface area contributed by atoms with Crippen LogP contribution in [-0.2, 0) is 4.74 Å². The highest BCUT2D eigenvalue weighted by atomic mass is 16.6. The van der Waals surface area contributed by atoms with Crippen molar-refractivity contribution in [3.05, 3.63) is 24.0 Å². The molecule has 0 aliphatic rings. The molecule has 0 unspecified atom stereocenters. The monoisotopic (exact) mass is 265 g/mol. The largest absolute Gasteiger partial charge is 0.444 e. The third kappa shape index (κ3) is 6.64. The Hall–Kier alpha value is -1.78. The lowest BCUT2D eigenvalue weighted by Crippen LogP contribution is -2.33. The molecule has 1 amide bonds. The maximum absolute atomic E-state index is 11.4. The zero-order chi connectivity index (χ0) is 14.3. The molecule has 0 atom stereocenters. The van der Waals surface area contributed by atoms with E-state index in [4.69, 9.17) is 4.74 Å². The topological polar surface area (TPSA) is 63.2 Å². The molecule has 0 bridgehead atoms. The van der Waals surface area contributed by atoms with Crippen LogP contribution in [0, 0.1) is 6.92 Å². The summed E-state index contributed by atoms with van der Waals surface area (Å²) < 4.78 is 5.14. The summed E-state index contributed by atoms with van der Waals surface area (Å²) in [6.45, 7) is 8.93. The van der Waals surface area contributed by atoms with Crippen LogP contribution in [0.1, 0.15) is 32.8 Å². The molecule has 5 nitrogen and oxygen atoms in total. The lowest BCUT2D eigenvalue weighted by Gasteiger charge is -2.19. The van der Waals surface area contributed by atoms with Gasteiger partial charge in [-0.15, -0.1) is 0 Å². The third-order valence-electron chi connectivity index (χ3n) is 2.36. The van der Waals surface area contributed by atoms with Crippen molar-refractivity contribution in [2.75, 3.05) is 18.4 Å². The fraction of sp³-hybridized carbons (Fsp3) is 0.571. The minimum absolute atomic E-state index is 0.368. The molecule has 19 heavy (non-hydrogen) atoms. The average molecular weight is 265 g/mol. The molecule has 1 aromatic rings. The Morgan fingerprint density at radius 3 is 2.74 bits per heavy atom. The lowest BCUT2D eigenvalue weighted by molar-refractivity contribution is 0.0528. The molecule has 1 rings (SSSR count). The molecule has 1 heterocycles. The molecule has 1 aromatic heterocycles. The lowest BCUT2D eigenvalue weighted by atomic mass is 10.2. The van der Waals surface area contributed by atoms with E-state index in [0.29, 0.717) is 6.54 Å². The van der Waals surface area contributed by atoms with Crippen LogP contribution in [0.25, 0.3) is 0 Å². The van der Waals surface area contributed by atoms with E-state index in [1.54, 1.807) is 6.20 Å². The molecular formula is C14H23N3O2. The van der Waals surface area contributed by atoms with Crippen molar-refractivity contribution in [2.45, 2.75) is 39.7 Å². The number of carbonyl (C=O) groups is 1. The van der Waals surface area contributed by atoms with Crippen LogP contribution >= 0.6 is 0 Å². The molecular weight excluding hydrogens is 242 g/mol. The molecule has 0 aromatic carbocycles. The summed E-state index contributed by atoms with van der Waals surface area (Å²) in [6, 6.07) is 1.94. The summed E-state index contributed by atoms with van der Waals surface area (Å²) in [7, 11) is 0. The predicted octanol–water partition coefficient (Wildman–Crippen LogP) is 2.72. The van der Waals surface area contributed by atoms with Crippen LogP contribution < -0.4 is 10.6 Å². The fourth-order valence-electron chi connectivity index (χ4n) is 1.49. The summed E-state index contributed by atoms with van der Waals surface area (Å²) in [4.78, 5) is 15.4. The van der Waals surface area contributed by atoms with Crippen LogP contribution in [0.2, 0.25) is 0 Å². The summed E-state index contributed by atoms with van der Waals surface area (Å²) in [5, 5.41) is 6.03. The highest BCUT2D eigenvalue weighted by molar-refractivity contribution is 5.67. The molecule has 0 radical (unpaired) electrons. The maximum Gasteiger partial charge on any atom is 0.407 e. The summed E-state index contributed by atoms with van der Waals surface area (Å²) in [5.74, 6) is 0. The first-order valence-corrected chi connectivity index (χ1v) is 6.50. The van der Waals surface area contributed by atoms with Crippen LogP contribution in [-0.4, -0.2) is 29.8 Å². The number of aryl methyl sites for hydroxylation is 1. The highest BCUT2D eigenvalue weighted by Gasteiger charge is 2.15. The first-order chi connectivity index (χ1) is 8.88. The van der Waals surface area contributed by atoms with E-state index in [2.05, 4.69) is 15.6 Å². The molecule has 2 N–H and O–H groups in total. The number of alkyl carbamates (subject to hydrolysis) is 1. The number of amides is 1. The number of ether oxygens (including phenoxy) is 1. The van der Waals surface area contributed by atoms with Gasteiger partial charge in [-0.25, -0.2) is 4.79 Å². The Bertz CT molecular complexity index is 413. The number of anilines is 1. The second-order valence-electron chi connectivity index (χ2n) is 5.40. The smallest absolute Gasteiger partial charge is 0.407 e. The molecule has 0 aliphatic carbocycles. The van der Waals surface area contributed by atoms with Gasteiger partial charge in [0.1, 0.15) is 5.60 Å². The average Bonchev–Trinajstić information content (AvgIpc) is 2.28. The standard InChI is InChI=1S/C14H23N3O2/c1-11-10-15-9-6-12(11)16-7-5-8-17-13(18)19-14(2,3)4/h6,9-10H,5,7-8H2,1-4H3,(H,15,16)(H,17,18). The van der Waals surface area contributed by atoms with Gasteiger partial charge in [0.05, 0.1) is 0 Å². The van der Waals surface area contributed by atoms with Crippen molar-refractivity contribution in [3.63, 3.8) is 0 Å². The Balaban J connectivity index is 2.15. The van der Waals surface area contributed by atoms with Gasteiger partial charge in [-0.2, -0.15) is 0 Å². The minimum Gasteiger partial charge on any atom is -0.444 e. The van der Waals surface area contributed by atoms with Crippen LogP contribution in [0.4, 0.5) is 10.5 Å². The number of pyridine rings is 1. The first kappa shape index (κ1) is 15.3. The molecule has 0 aliphatic heterocycles. The van der Waals surface area contributed by atoms with Gasteiger partial charge in [0.25, 0.3) is 0 Å². The van der Waals surface area contributed by atoms with Gasteiger partial charge in [-0.1, -0.05) is 0 Å². The van der Waals surface area contributed by atoms with Crippen molar-refractivity contribution in [3.8, 4) is 0 Å². The maximum atomic E-state index is 11.4.